The van der Waals surface area contributed by atoms with E-state index >= 15 is 0 Å². The zero-order chi connectivity index (χ0) is 29.2. The van der Waals surface area contributed by atoms with Crippen LogP contribution in [0.4, 0.5) is 0 Å². The molecule has 1 aliphatic rings. The molecule has 4 heteroatoms. The van der Waals surface area contributed by atoms with Gasteiger partial charge in [-0.25, -0.2) is 0 Å². The molecule has 1 aliphatic carbocycles. The maximum Gasteiger partial charge on any atom is 0.223 e. The van der Waals surface area contributed by atoms with Gasteiger partial charge in [0.15, 0.2) is 0 Å². The number of ether oxygens (including phenoxy) is 4. The largest absolute Gasteiger partial charge is 0.346 e. The van der Waals surface area contributed by atoms with E-state index in [-0.39, 0.29) is 0 Å². The summed E-state index contributed by atoms with van der Waals surface area (Å²) < 4.78 is 23.4. The first-order valence-electron chi connectivity index (χ1n) is 13.7. The number of hydrogen-bond donors (Lipinski definition) is 0. The van der Waals surface area contributed by atoms with Crippen LogP contribution in [0.3, 0.4) is 0 Å². The molecule has 0 radical (unpaired) electrons. The van der Waals surface area contributed by atoms with Crippen LogP contribution >= 0.6 is 0 Å². The van der Waals surface area contributed by atoms with Crippen molar-refractivity contribution >= 4 is 0 Å². The molecule has 0 aliphatic heterocycles. The van der Waals surface area contributed by atoms with Gasteiger partial charge in [-0.2, -0.15) is 0 Å². The molecule has 4 aromatic carbocycles. The van der Waals surface area contributed by atoms with Crippen molar-refractivity contribution in [1.29, 1.82) is 0 Å². The van der Waals surface area contributed by atoms with Crippen LogP contribution in [0.1, 0.15) is 55.6 Å². The summed E-state index contributed by atoms with van der Waals surface area (Å²) in [6.45, 7) is 12.7. The third-order valence-corrected chi connectivity index (χ3v) is 8.02. The molecule has 0 N–H and O–H groups in total. The Labute approximate surface area is 239 Å². The van der Waals surface area contributed by atoms with Crippen molar-refractivity contribution in [3.8, 4) is 11.1 Å². The fraction of sp³-hybridized carbons (Fsp3) is 0.333. The second-order valence-electron chi connectivity index (χ2n) is 10.7. The van der Waals surface area contributed by atoms with Gasteiger partial charge in [-0.1, -0.05) is 83.9 Å². The van der Waals surface area contributed by atoms with Gasteiger partial charge in [-0.05, 0) is 74.9 Å². The molecule has 4 nitrogen and oxygen atoms in total. The highest BCUT2D eigenvalue weighted by molar-refractivity contribution is 5.79. The highest BCUT2D eigenvalue weighted by Crippen LogP contribution is 2.49. The fourth-order valence-electron chi connectivity index (χ4n) is 6.69. The van der Waals surface area contributed by atoms with E-state index < -0.39 is 11.6 Å². The molecule has 0 fully saturated rings. The van der Waals surface area contributed by atoms with Crippen molar-refractivity contribution in [2.45, 2.75) is 53.1 Å². The number of hydrogen-bond acceptors (Lipinski definition) is 4. The molecule has 0 aromatic heterocycles. The summed E-state index contributed by atoms with van der Waals surface area (Å²) in [5.74, 6) is -1.64. The highest BCUT2D eigenvalue weighted by atomic mass is 16.7. The number of fused-ring (bicyclic) bond motifs is 3. The van der Waals surface area contributed by atoms with Crippen molar-refractivity contribution in [1.82, 2.24) is 0 Å². The van der Waals surface area contributed by atoms with Gasteiger partial charge in [-0.3, -0.25) is 0 Å². The molecule has 4 aromatic rings. The fourth-order valence-corrected chi connectivity index (χ4v) is 6.69. The van der Waals surface area contributed by atoms with Gasteiger partial charge in [0.25, 0.3) is 0 Å². The van der Waals surface area contributed by atoms with Crippen LogP contribution in [-0.2, 0) is 30.5 Å². The Balaban J connectivity index is 0.000000192. The van der Waals surface area contributed by atoms with E-state index in [0.29, 0.717) is 0 Å². The first-order chi connectivity index (χ1) is 19.1. The highest BCUT2D eigenvalue weighted by Gasteiger charge is 2.44. The molecule has 0 atom stereocenters. The molecule has 0 saturated carbocycles. The monoisotopic (exact) mass is 538 g/mol. The predicted molar refractivity (Wildman–Crippen MR) is 163 cm³/mol. The Morgan fingerprint density at radius 1 is 0.500 bits per heavy atom. The normalized spacial score (nSPS) is 13.3. The number of rotatable bonds is 6. The maximum absolute atomic E-state index is 6.04. The molecule has 0 spiro atoms. The summed E-state index contributed by atoms with van der Waals surface area (Å²) >= 11 is 0. The molecule has 0 unspecified atom stereocenters. The molecule has 40 heavy (non-hydrogen) atoms. The summed E-state index contributed by atoms with van der Waals surface area (Å²) in [4.78, 5) is 0. The van der Waals surface area contributed by atoms with Crippen LogP contribution in [0.15, 0.2) is 72.8 Å². The lowest BCUT2D eigenvalue weighted by Gasteiger charge is -2.37. The van der Waals surface area contributed by atoms with Gasteiger partial charge >= 0.3 is 0 Å². The lowest BCUT2D eigenvalue weighted by Crippen LogP contribution is -2.35. The molecule has 0 heterocycles. The average molecular weight is 539 g/mol. The van der Waals surface area contributed by atoms with Gasteiger partial charge in [0.05, 0.1) is 0 Å². The quantitative estimate of drug-likeness (QED) is 0.232. The smallest absolute Gasteiger partial charge is 0.223 e. The lowest BCUT2D eigenvalue weighted by atomic mass is 9.84. The van der Waals surface area contributed by atoms with Gasteiger partial charge in [0.1, 0.15) is 0 Å². The number of aryl methyl sites for hydroxylation is 6. The van der Waals surface area contributed by atoms with Crippen molar-refractivity contribution in [2.24, 2.45) is 0 Å². The van der Waals surface area contributed by atoms with Crippen LogP contribution in [0.5, 0.6) is 0 Å². The minimum absolute atomic E-state index is 0.757. The first kappa shape index (κ1) is 29.7. The van der Waals surface area contributed by atoms with Gasteiger partial charge in [-0.15, -0.1) is 0 Å². The summed E-state index contributed by atoms with van der Waals surface area (Å²) in [5.41, 5.74) is 14.0. The van der Waals surface area contributed by atoms with E-state index in [9.17, 15) is 0 Å². The Hall–Kier alpha value is -3.28. The van der Waals surface area contributed by atoms with Crippen LogP contribution in [-0.4, -0.2) is 28.4 Å². The van der Waals surface area contributed by atoms with E-state index in [0.717, 1.165) is 22.3 Å². The summed E-state index contributed by atoms with van der Waals surface area (Å²) in [7, 11) is 6.81. The Kier molecular flexibility index (Phi) is 8.67. The standard InChI is InChI=1S/C21H28O2.C15H14O2/c1-13-9-15(3)19(16(4)10-13)21(22-7,23-8)20-17(5)11-14(2)12-18(20)6;1-16-15(17-2)13-9-5-3-7-11(13)12-8-4-6-10-14(12)15/h9-12H,1-8H3;3-10H,1-2H3. The van der Waals surface area contributed by atoms with Crippen molar-refractivity contribution < 1.29 is 18.9 Å². The summed E-state index contributed by atoms with van der Waals surface area (Å²) in [6, 6.07) is 25.2. The SMILES string of the molecule is COC(OC)(c1c(C)cc(C)cc1C)c1c(C)cc(C)cc1C.COC1(OC)c2ccccc2-c2ccccc21. The Bertz CT molecular complexity index is 1360. The van der Waals surface area contributed by atoms with E-state index in [1.165, 1.54) is 44.5 Å². The second kappa shape index (κ2) is 11.7. The summed E-state index contributed by atoms with van der Waals surface area (Å²) in [5, 5.41) is 0. The zero-order valence-electron chi connectivity index (χ0n) is 25.6. The van der Waals surface area contributed by atoms with E-state index in [2.05, 4.69) is 90.1 Å². The van der Waals surface area contributed by atoms with Gasteiger partial charge in [0, 0.05) is 50.7 Å². The number of methoxy groups -OCH3 is 4. The van der Waals surface area contributed by atoms with Crippen molar-refractivity contribution in [3.05, 3.63) is 128 Å². The second-order valence-corrected chi connectivity index (χ2v) is 10.7. The van der Waals surface area contributed by atoms with Crippen LogP contribution in [0.25, 0.3) is 11.1 Å². The maximum atomic E-state index is 6.04. The molecule has 5 rings (SSSR count). The molecule has 0 bridgehead atoms. The lowest BCUT2D eigenvalue weighted by molar-refractivity contribution is -0.185. The van der Waals surface area contributed by atoms with Crippen molar-refractivity contribution in [3.63, 3.8) is 0 Å². The number of benzene rings is 4. The third kappa shape index (κ3) is 4.80. The van der Waals surface area contributed by atoms with Crippen LogP contribution in [0, 0.1) is 41.5 Å². The van der Waals surface area contributed by atoms with Gasteiger partial charge in [0.2, 0.25) is 11.6 Å². The van der Waals surface area contributed by atoms with E-state index in [4.69, 9.17) is 18.9 Å². The summed E-state index contributed by atoms with van der Waals surface area (Å²) in [6.07, 6.45) is 0. The molecule has 0 saturated heterocycles. The van der Waals surface area contributed by atoms with Crippen molar-refractivity contribution in [2.75, 3.05) is 28.4 Å². The third-order valence-electron chi connectivity index (χ3n) is 8.02. The minimum atomic E-state index is -0.885. The Morgan fingerprint density at radius 2 is 0.825 bits per heavy atom. The average Bonchev–Trinajstić information content (AvgIpc) is 3.21. The Morgan fingerprint density at radius 3 is 1.12 bits per heavy atom. The molecule has 0 amide bonds. The predicted octanol–water partition coefficient (Wildman–Crippen LogP) is 8.19. The molecule has 210 valence electrons. The van der Waals surface area contributed by atoms with Crippen LogP contribution < -0.4 is 0 Å². The molecular formula is C36H42O4. The molecular weight excluding hydrogens is 496 g/mol. The minimum Gasteiger partial charge on any atom is -0.346 e. The van der Waals surface area contributed by atoms with E-state index in [1.807, 2.05) is 24.3 Å². The first-order valence-corrected chi connectivity index (χ1v) is 13.7. The van der Waals surface area contributed by atoms with Gasteiger partial charge < -0.3 is 18.9 Å². The zero-order valence-corrected chi connectivity index (χ0v) is 25.6. The topological polar surface area (TPSA) is 36.9 Å². The van der Waals surface area contributed by atoms with E-state index in [1.54, 1.807) is 28.4 Å². The van der Waals surface area contributed by atoms with Crippen LogP contribution in [0.2, 0.25) is 0 Å².